The fourth-order valence-corrected chi connectivity index (χ4v) is 3.33. The Labute approximate surface area is 94.8 Å². The van der Waals surface area contributed by atoms with Gasteiger partial charge in [-0.1, -0.05) is 18.2 Å². The van der Waals surface area contributed by atoms with Crippen molar-refractivity contribution in [3.8, 4) is 0 Å². The predicted molar refractivity (Wildman–Crippen MR) is 59.4 cm³/mol. The summed E-state index contributed by atoms with van der Waals surface area (Å²) >= 11 is 5.49. The Morgan fingerprint density at radius 2 is 1.73 bits per heavy atom. The van der Waals surface area contributed by atoms with Gasteiger partial charge in [0.15, 0.2) is 9.84 Å². The molecule has 4 nitrogen and oxygen atoms in total. The first-order valence-corrected chi connectivity index (χ1v) is 6.62. The summed E-state index contributed by atoms with van der Waals surface area (Å²) in [4.78, 5) is 12.9. The van der Waals surface area contributed by atoms with Crippen molar-refractivity contribution in [1.82, 2.24) is 4.90 Å². The first-order valence-electron chi connectivity index (χ1n) is 4.63. The van der Waals surface area contributed by atoms with E-state index in [1.165, 1.54) is 4.90 Å². The predicted octanol–water partition coefficient (Wildman–Crippen LogP) is 0.773. The Bertz CT molecular complexity index is 372. The number of amides is 1. The lowest BCUT2D eigenvalue weighted by molar-refractivity contribution is -0.126. The van der Waals surface area contributed by atoms with Crippen molar-refractivity contribution < 1.29 is 13.2 Å². The lowest BCUT2D eigenvalue weighted by atomic mass is 10.3. The molecule has 0 aliphatic carbocycles. The first-order chi connectivity index (χ1) is 6.76. The molecule has 1 amide bonds. The number of rotatable bonds is 1. The molecule has 2 atom stereocenters. The standard InChI is InChI=1S/C9H14ClNO3S/c1-6-4-11(9(12)8(3)10)5-7(2)15(6,13)14/h6-7H,3-5H2,1-2H3. The molecule has 0 saturated carbocycles. The summed E-state index contributed by atoms with van der Waals surface area (Å²) in [5.74, 6) is -0.384. The molecule has 1 aliphatic rings. The second kappa shape index (κ2) is 4.14. The van der Waals surface area contributed by atoms with Crippen LogP contribution in [0.1, 0.15) is 13.8 Å². The van der Waals surface area contributed by atoms with E-state index in [9.17, 15) is 13.2 Å². The fourth-order valence-electron chi connectivity index (χ4n) is 1.64. The van der Waals surface area contributed by atoms with E-state index in [0.29, 0.717) is 0 Å². The summed E-state index contributed by atoms with van der Waals surface area (Å²) in [5.41, 5.74) is 0. The zero-order chi connectivity index (χ0) is 11.8. The summed E-state index contributed by atoms with van der Waals surface area (Å²) in [6, 6.07) is 0. The summed E-state index contributed by atoms with van der Waals surface area (Å²) in [5, 5.41) is -1.16. The van der Waals surface area contributed by atoms with Crippen LogP contribution in [0.25, 0.3) is 0 Å². The first kappa shape index (κ1) is 12.5. The second-order valence-corrected chi connectivity index (χ2v) is 7.07. The maximum Gasteiger partial charge on any atom is 0.264 e. The maximum absolute atomic E-state index is 11.7. The average Bonchev–Trinajstić information content (AvgIpc) is 2.12. The van der Waals surface area contributed by atoms with Crippen molar-refractivity contribution in [1.29, 1.82) is 0 Å². The highest BCUT2D eigenvalue weighted by atomic mass is 35.5. The van der Waals surface area contributed by atoms with Crippen molar-refractivity contribution >= 4 is 27.3 Å². The van der Waals surface area contributed by atoms with Gasteiger partial charge in [0, 0.05) is 13.1 Å². The zero-order valence-electron chi connectivity index (χ0n) is 8.73. The van der Waals surface area contributed by atoms with Crippen LogP contribution in [0.4, 0.5) is 0 Å². The Hall–Kier alpha value is -0.550. The Morgan fingerprint density at radius 1 is 1.33 bits per heavy atom. The molecule has 0 aromatic heterocycles. The molecule has 1 rings (SSSR count). The van der Waals surface area contributed by atoms with Gasteiger partial charge >= 0.3 is 0 Å². The van der Waals surface area contributed by atoms with Crippen LogP contribution in [-0.2, 0) is 14.6 Å². The largest absolute Gasteiger partial charge is 0.335 e. The molecule has 1 fully saturated rings. The van der Waals surface area contributed by atoms with Crippen molar-refractivity contribution in [3.05, 3.63) is 11.6 Å². The van der Waals surface area contributed by atoms with Gasteiger partial charge in [-0.3, -0.25) is 4.79 Å². The van der Waals surface area contributed by atoms with Gasteiger partial charge in [-0.05, 0) is 13.8 Å². The minimum atomic E-state index is -3.10. The van der Waals surface area contributed by atoms with Crippen LogP contribution in [0.5, 0.6) is 0 Å². The molecule has 86 valence electrons. The molecule has 0 aromatic carbocycles. The number of sulfone groups is 1. The van der Waals surface area contributed by atoms with E-state index in [1.54, 1.807) is 13.8 Å². The molecular formula is C9H14ClNO3S. The monoisotopic (exact) mass is 251 g/mol. The van der Waals surface area contributed by atoms with Crippen LogP contribution in [-0.4, -0.2) is 42.8 Å². The molecule has 1 aliphatic heterocycles. The lowest BCUT2D eigenvalue weighted by Gasteiger charge is -2.34. The Kier molecular flexibility index (Phi) is 3.45. The Morgan fingerprint density at radius 3 is 2.07 bits per heavy atom. The van der Waals surface area contributed by atoms with E-state index in [1.807, 2.05) is 0 Å². The zero-order valence-corrected chi connectivity index (χ0v) is 10.3. The quantitative estimate of drug-likeness (QED) is 0.647. The smallest absolute Gasteiger partial charge is 0.264 e. The molecule has 15 heavy (non-hydrogen) atoms. The third-order valence-corrected chi connectivity index (χ3v) is 5.30. The van der Waals surface area contributed by atoms with Gasteiger partial charge in [-0.25, -0.2) is 8.42 Å². The molecule has 6 heteroatoms. The number of carbonyl (C=O) groups is 1. The van der Waals surface area contributed by atoms with E-state index < -0.39 is 20.3 Å². The third-order valence-electron chi connectivity index (χ3n) is 2.60. The van der Waals surface area contributed by atoms with Crippen molar-refractivity contribution in [2.24, 2.45) is 0 Å². The SMILES string of the molecule is C=C(Cl)C(=O)N1CC(C)S(=O)(=O)C(C)C1. The molecule has 0 aromatic rings. The van der Waals surface area contributed by atoms with E-state index in [0.717, 1.165) is 0 Å². The van der Waals surface area contributed by atoms with Gasteiger partial charge in [0.25, 0.3) is 5.91 Å². The van der Waals surface area contributed by atoms with E-state index in [4.69, 9.17) is 11.6 Å². The van der Waals surface area contributed by atoms with Gasteiger partial charge in [0.1, 0.15) is 0 Å². The van der Waals surface area contributed by atoms with Gasteiger partial charge in [0.2, 0.25) is 0 Å². The average molecular weight is 252 g/mol. The Balaban J connectivity index is 2.87. The number of halogens is 1. The summed E-state index contributed by atoms with van der Waals surface area (Å²) in [6.45, 7) is 6.92. The number of hydrogen-bond acceptors (Lipinski definition) is 3. The molecule has 2 unspecified atom stereocenters. The van der Waals surface area contributed by atoms with Gasteiger partial charge in [-0.15, -0.1) is 0 Å². The van der Waals surface area contributed by atoms with Gasteiger partial charge in [-0.2, -0.15) is 0 Å². The highest BCUT2D eigenvalue weighted by Gasteiger charge is 2.37. The minimum Gasteiger partial charge on any atom is -0.335 e. The van der Waals surface area contributed by atoms with Gasteiger partial charge in [0.05, 0.1) is 15.5 Å². The molecule has 1 saturated heterocycles. The fraction of sp³-hybridized carbons (Fsp3) is 0.667. The van der Waals surface area contributed by atoms with E-state index in [-0.39, 0.29) is 24.0 Å². The molecule has 0 spiro atoms. The summed E-state index contributed by atoms with van der Waals surface area (Å²) < 4.78 is 23.3. The molecular weight excluding hydrogens is 238 g/mol. The normalized spacial score (nSPS) is 29.9. The number of nitrogens with zero attached hydrogens (tertiary/aromatic N) is 1. The number of hydrogen-bond donors (Lipinski definition) is 0. The van der Waals surface area contributed by atoms with Crippen LogP contribution in [0.3, 0.4) is 0 Å². The van der Waals surface area contributed by atoms with Crippen molar-refractivity contribution in [3.63, 3.8) is 0 Å². The molecule has 0 N–H and O–H groups in total. The van der Waals surface area contributed by atoms with Crippen LogP contribution in [0, 0.1) is 0 Å². The van der Waals surface area contributed by atoms with Crippen LogP contribution in [0.15, 0.2) is 11.6 Å². The second-order valence-electron chi connectivity index (χ2n) is 3.83. The third kappa shape index (κ3) is 2.34. The van der Waals surface area contributed by atoms with E-state index in [2.05, 4.69) is 6.58 Å². The molecule has 1 heterocycles. The van der Waals surface area contributed by atoms with Gasteiger partial charge < -0.3 is 4.90 Å². The highest BCUT2D eigenvalue weighted by molar-refractivity contribution is 7.92. The van der Waals surface area contributed by atoms with Crippen LogP contribution < -0.4 is 0 Å². The van der Waals surface area contributed by atoms with Crippen LogP contribution >= 0.6 is 11.6 Å². The van der Waals surface area contributed by atoms with E-state index >= 15 is 0 Å². The van der Waals surface area contributed by atoms with Crippen LogP contribution in [0.2, 0.25) is 0 Å². The molecule has 0 bridgehead atoms. The van der Waals surface area contributed by atoms with Crippen molar-refractivity contribution in [2.75, 3.05) is 13.1 Å². The minimum absolute atomic E-state index is 0.0753. The maximum atomic E-state index is 11.7. The summed E-state index contributed by atoms with van der Waals surface area (Å²) in [7, 11) is -3.10. The summed E-state index contributed by atoms with van der Waals surface area (Å²) in [6.07, 6.45) is 0. The topological polar surface area (TPSA) is 54.5 Å². The number of carbonyl (C=O) groups excluding carboxylic acids is 1. The highest BCUT2D eigenvalue weighted by Crippen LogP contribution is 2.20. The lowest BCUT2D eigenvalue weighted by Crippen LogP contribution is -2.52. The van der Waals surface area contributed by atoms with Crippen molar-refractivity contribution in [2.45, 2.75) is 24.3 Å². The molecule has 0 radical (unpaired) electrons.